The summed E-state index contributed by atoms with van der Waals surface area (Å²) in [6.45, 7) is 8.73. The number of rotatable bonds is 8. The van der Waals surface area contributed by atoms with Crippen LogP contribution in [0.3, 0.4) is 0 Å². The molecule has 4 heteroatoms. The highest BCUT2D eigenvalue weighted by Crippen LogP contribution is 2.24. The number of hydrogen-bond donors (Lipinski definition) is 1. The minimum absolute atomic E-state index is 0.723. The number of halogens is 1. The van der Waals surface area contributed by atoms with E-state index in [4.69, 9.17) is 16.3 Å². The normalized spacial score (nSPS) is 10.7. The fraction of sp³-hybridized carbons (Fsp3) is 0.571. The largest absolute Gasteiger partial charge is 0.383 e. The molecular weight excluding hydrogens is 248 g/mol. The van der Waals surface area contributed by atoms with Gasteiger partial charge in [-0.2, -0.15) is 0 Å². The van der Waals surface area contributed by atoms with Gasteiger partial charge in [0.25, 0.3) is 0 Å². The smallest absolute Gasteiger partial charge is 0.0587 e. The highest BCUT2D eigenvalue weighted by atomic mass is 35.5. The van der Waals surface area contributed by atoms with Crippen LogP contribution in [0.2, 0.25) is 5.02 Å². The van der Waals surface area contributed by atoms with Crippen LogP contribution in [0.15, 0.2) is 18.2 Å². The van der Waals surface area contributed by atoms with E-state index in [2.05, 4.69) is 30.1 Å². The third-order valence-corrected chi connectivity index (χ3v) is 3.18. The van der Waals surface area contributed by atoms with Gasteiger partial charge in [-0.1, -0.05) is 11.6 Å². The Labute approximate surface area is 115 Å². The van der Waals surface area contributed by atoms with E-state index < -0.39 is 0 Å². The third-order valence-electron chi connectivity index (χ3n) is 2.94. The van der Waals surface area contributed by atoms with Crippen LogP contribution in [0.5, 0.6) is 0 Å². The summed E-state index contributed by atoms with van der Waals surface area (Å²) in [6.07, 6.45) is 0. The Morgan fingerprint density at radius 1 is 1.28 bits per heavy atom. The van der Waals surface area contributed by atoms with Gasteiger partial charge in [-0.3, -0.25) is 0 Å². The van der Waals surface area contributed by atoms with Crippen LogP contribution in [0, 0.1) is 0 Å². The van der Waals surface area contributed by atoms with Gasteiger partial charge in [0, 0.05) is 44.0 Å². The summed E-state index contributed by atoms with van der Waals surface area (Å²) < 4.78 is 5.02. The molecule has 102 valence electrons. The molecule has 0 fully saturated rings. The lowest BCUT2D eigenvalue weighted by atomic mass is 10.1. The molecule has 0 aliphatic carbocycles. The van der Waals surface area contributed by atoms with E-state index in [0.29, 0.717) is 0 Å². The molecule has 0 atom stereocenters. The third kappa shape index (κ3) is 4.48. The number of anilines is 1. The van der Waals surface area contributed by atoms with Gasteiger partial charge in [0.05, 0.1) is 6.61 Å². The van der Waals surface area contributed by atoms with Crippen LogP contribution in [-0.4, -0.2) is 33.4 Å². The zero-order chi connectivity index (χ0) is 13.4. The first-order valence-corrected chi connectivity index (χ1v) is 6.83. The molecule has 0 spiro atoms. The first-order chi connectivity index (χ1) is 8.72. The number of benzene rings is 1. The van der Waals surface area contributed by atoms with Gasteiger partial charge in [0.1, 0.15) is 0 Å². The first-order valence-electron chi connectivity index (χ1n) is 6.45. The Balaban J connectivity index is 2.76. The number of methoxy groups -OCH3 is 1. The minimum atomic E-state index is 0.723. The fourth-order valence-electron chi connectivity index (χ4n) is 1.97. The summed E-state index contributed by atoms with van der Waals surface area (Å²) in [5, 5.41) is 4.15. The average Bonchev–Trinajstić information content (AvgIpc) is 2.38. The predicted octanol–water partition coefficient (Wildman–Crippen LogP) is 2.92. The molecule has 3 nitrogen and oxygen atoms in total. The number of hydrogen-bond acceptors (Lipinski definition) is 3. The molecule has 0 amide bonds. The van der Waals surface area contributed by atoms with Gasteiger partial charge in [0.2, 0.25) is 0 Å². The van der Waals surface area contributed by atoms with Crippen LogP contribution in [0.1, 0.15) is 19.4 Å². The molecule has 1 N–H and O–H groups in total. The van der Waals surface area contributed by atoms with Crippen molar-refractivity contribution in [2.75, 3.05) is 38.3 Å². The van der Waals surface area contributed by atoms with Crippen LogP contribution in [0.25, 0.3) is 0 Å². The highest BCUT2D eigenvalue weighted by Gasteiger charge is 2.08. The van der Waals surface area contributed by atoms with Gasteiger partial charge in [0.15, 0.2) is 0 Å². The molecule has 0 radical (unpaired) electrons. The summed E-state index contributed by atoms with van der Waals surface area (Å²) in [5.74, 6) is 0. The second kappa shape index (κ2) is 8.35. The van der Waals surface area contributed by atoms with Crippen molar-refractivity contribution in [1.29, 1.82) is 0 Å². The van der Waals surface area contributed by atoms with Gasteiger partial charge in [-0.15, -0.1) is 0 Å². The van der Waals surface area contributed by atoms with E-state index in [1.54, 1.807) is 7.11 Å². The molecule has 18 heavy (non-hydrogen) atoms. The Morgan fingerprint density at radius 2 is 2.00 bits per heavy atom. The van der Waals surface area contributed by atoms with Gasteiger partial charge in [-0.25, -0.2) is 0 Å². The SMILES string of the molecule is CCN(CC)c1ccc(Cl)cc1CNCCOC. The van der Waals surface area contributed by atoms with Crippen LogP contribution >= 0.6 is 11.6 Å². The minimum Gasteiger partial charge on any atom is -0.383 e. The predicted molar refractivity (Wildman–Crippen MR) is 78.6 cm³/mol. The molecule has 1 aromatic rings. The van der Waals surface area contributed by atoms with E-state index in [-0.39, 0.29) is 0 Å². The van der Waals surface area contributed by atoms with E-state index in [1.165, 1.54) is 11.3 Å². The Hall–Kier alpha value is -0.770. The number of nitrogens with zero attached hydrogens (tertiary/aromatic N) is 1. The zero-order valence-corrected chi connectivity index (χ0v) is 12.3. The molecule has 0 aromatic heterocycles. The molecule has 0 aliphatic rings. The number of nitrogens with one attached hydrogen (secondary N) is 1. The maximum absolute atomic E-state index is 6.08. The van der Waals surface area contributed by atoms with Crippen molar-refractivity contribution in [3.8, 4) is 0 Å². The van der Waals surface area contributed by atoms with Gasteiger partial charge < -0.3 is 15.0 Å². The first kappa shape index (κ1) is 15.3. The average molecular weight is 271 g/mol. The topological polar surface area (TPSA) is 24.5 Å². The van der Waals surface area contributed by atoms with E-state index in [1.807, 2.05) is 12.1 Å². The summed E-state index contributed by atoms with van der Waals surface area (Å²) in [5.41, 5.74) is 2.50. The molecule has 0 saturated heterocycles. The molecule has 0 unspecified atom stereocenters. The Morgan fingerprint density at radius 3 is 2.61 bits per heavy atom. The second-order valence-corrected chi connectivity index (χ2v) is 4.55. The quantitative estimate of drug-likeness (QED) is 0.735. The maximum Gasteiger partial charge on any atom is 0.0587 e. The summed E-state index contributed by atoms with van der Waals surface area (Å²) in [4.78, 5) is 2.34. The zero-order valence-electron chi connectivity index (χ0n) is 11.5. The molecule has 1 rings (SSSR count). The van der Waals surface area contributed by atoms with Gasteiger partial charge >= 0.3 is 0 Å². The van der Waals surface area contributed by atoms with E-state index in [0.717, 1.165) is 37.8 Å². The Bertz CT molecular complexity index is 354. The molecular formula is C14H23ClN2O. The number of ether oxygens (including phenoxy) is 1. The van der Waals surface area contributed by atoms with Crippen molar-refractivity contribution in [2.24, 2.45) is 0 Å². The van der Waals surface area contributed by atoms with Crippen LogP contribution in [-0.2, 0) is 11.3 Å². The maximum atomic E-state index is 6.08. The summed E-state index contributed by atoms with van der Waals surface area (Å²) in [6, 6.07) is 6.09. The van der Waals surface area contributed by atoms with Crippen molar-refractivity contribution in [2.45, 2.75) is 20.4 Å². The highest BCUT2D eigenvalue weighted by molar-refractivity contribution is 6.30. The van der Waals surface area contributed by atoms with E-state index in [9.17, 15) is 0 Å². The van der Waals surface area contributed by atoms with Crippen LogP contribution < -0.4 is 10.2 Å². The lowest BCUT2D eigenvalue weighted by molar-refractivity contribution is 0.199. The lowest BCUT2D eigenvalue weighted by Crippen LogP contribution is -2.25. The monoisotopic (exact) mass is 270 g/mol. The fourth-order valence-corrected chi connectivity index (χ4v) is 2.16. The summed E-state index contributed by atoms with van der Waals surface area (Å²) in [7, 11) is 1.71. The van der Waals surface area contributed by atoms with E-state index >= 15 is 0 Å². The van der Waals surface area contributed by atoms with Gasteiger partial charge in [-0.05, 0) is 37.6 Å². The summed E-state index contributed by atoms with van der Waals surface area (Å²) >= 11 is 6.08. The molecule has 0 heterocycles. The molecule has 0 aliphatic heterocycles. The van der Waals surface area contributed by atoms with Crippen molar-refractivity contribution in [3.63, 3.8) is 0 Å². The van der Waals surface area contributed by atoms with Crippen molar-refractivity contribution >= 4 is 17.3 Å². The molecule has 1 aromatic carbocycles. The van der Waals surface area contributed by atoms with Crippen molar-refractivity contribution in [1.82, 2.24) is 5.32 Å². The van der Waals surface area contributed by atoms with Crippen LogP contribution in [0.4, 0.5) is 5.69 Å². The Kier molecular flexibility index (Phi) is 7.09. The van der Waals surface area contributed by atoms with Crippen molar-refractivity contribution in [3.05, 3.63) is 28.8 Å². The lowest BCUT2D eigenvalue weighted by Gasteiger charge is -2.24. The molecule has 0 saturated carbocycles. The standard InChI is InChI=1S/C14H23ClN2O/c1-4-17(5-2)14-7-6-13(15)10-12(14)11-16-8-9-18-3/h6-7,10,16H,4-5,8-9,11H2,1-3H3. The second-order valence-electron chi connectivity index (χ2n) is 4.11. The molecule has 0 bridgehead atoms. The van der Waals surface area contributed by atoms with Crippen molar-refractivity contribution < 1.29 is 4.74 Å².